The number of allylic oxidation sites excluding steroid dienone is 1. The van der Waals surface area contributed by atoms with E-state index in [0.717, 1.165) is 25.2 Å². The number of aliphatic hydroxyl groups is 1. The Kier molecular flexibility index (Phi) is 5.21. The number of esters is 1. The monoisotopic (exact) mass is 384 g/mol. The third-order valence-corrected chi connectivity index (χ3v) is 7.18. The van der Waals surface area contributed by atoms with Gasteiger partial charge in [-0.2, -0.15) is 0 Å². The molecule has 0 amide bonds. The number of pyridine rings is 1. The van der Waals surface area contributed by atoms with Crippen molar-refractivity contribution in [1.82, 2.24) is 4.98 Å². The Morgan fingerprint density at radius 2 is 2.07 bits per heavy atom. The number of hydrogen-bond donors (Lipinski definition) is 1. The van der Waals surface area contributed by atoms with Crippen LogP contribution in [0.4, 0.5) is 5.69 Å². The van der Waals surface area contributed by atoms with Crippen molar-refractivity contribution in [2.24, 2.45) is 23.7 Å². The van der Waals surface area contributed by atoms with Gasteiger partial charge in [-0.15, -0.1) is 0 Å². The average Bonchev–Trinajstić information content (AvgIpc) is 3.27. The molecule has 0 bridgehead atoms. The Hall–Kier alpha value is -1.88. The second-order valence-corrected chi connectivity index (χ2v) is 8.89. The molecule has 2 saturated heterocycles. The maximum absolute atomic E-state index is 12.4. The summed E-state index contributed by atoms with van der Waals surface area (Å²) in [6, 6.07) is 4.20. The first-order chi connectivity index (χ1) is 13.4. The maximum Gasteiger partial charge on any atom is 0.338 e. The molecule has 3 fully saturated rings. The molecule has 0 radical (unpaired) electrons. The second-order valence-electron chi connectivity index (χ2n) is 8.89. The van der Waals surface area contributed by atoms with Gasteiger partial charge < -0.3 is 14.7 Å². The molecule has 2 aliphatic heterocycles. The number of ether oxygens (including phenoxy) is 1. The molecule has 1 aromatic heterocycles. The summed E-state index contributed by atoms with van der Waals surface area (Å²) in [7, 11) is 0. The molecule has 0 aromatic carbocycles. The summed E-state index contributed by atoms with van der Waals surface area (Å²) in [6.07, 6.45) is 9.92. The topological polar surface area (TPSA) is 62.7 Å². The summed E-state index contributed by atoms with van der Waals surface area (Å²) < 4.78 is 5.46. The molecule has 152 valence electrons. The number of anilines is 1. The van der Waals surface area contributed by atoms with Crippen LogP contribution in [0.25, 0.3) is 6.08 Å². The van der Waals surface area contributed by atoms with Crippen LogP contribution in [0.2, 0.25) is 0 Å². The van der Waals surface area contributed by atoms with E-state index in [9.17, 15) is 9.90 Å². The second kappa shape index (κ2) is 7.51. The summed E-state index contributed by atoms with van der Waals surface area (Å²) in [5.41, 5.74) is 0.745. The van der Waals surface area contributed by atoms with Crippen molar-refractivity contribution in [3.8, 4) is 0 Å². The zero-order valence-corrected chi connectivity index (χ0v) is 17.2. The molecule has 6 atom stereocenters. The van der Waals surface area contributed by atoms with Gasteiger partial charge in [0, 0.05) is 19.0 Å². The Balaban J connectivity index is 1.57. The van der Waals surface area contributed by atoms with E-state index in [1.165, 1.54) is 18.5 Å². The number of hydrogen-bond acceptors (Lipinski definition) is 5. The molecule has 0 spiro atoms. The molecule has 1 N–H and O–H groups in total. The van der Waals surface area contributed by atoms with Crippen LogP contribution < -0.4 is 4.90 Å². The van der Waals surface area contributed by atoms with E-state index in [-0.39, 0.29) is 23.9 Å². The van der Waals surface area contributed by atoms with Crippen LogP contribution in [-0.4, -0.2) is 40.9 Å². The predicted molar refractivity (Wildman–Crippen MR) is 110 cm³/mol. The fourth-order valence-corrected chi connectivity index (χ4v) is 5.81. The van der Waals surface area contributed by atoms with Crippen molar-refractivity contribution in [2.75, 3.05) is 18.0 Å². The SMILES string of the molecule is CC[C@H]1[C@H](/C=C/c2ccc(N3CCCC3)cn2)[C@@H]2[C@@H](C)OC(=O)[C@]2(O)C[C@@H]1C. The number of fused-ring (bicyclic) bond motifs is 1. The molecular formula is C23H32N2O3. The molecule has 28 heavy (non-hydrogen) atoms. The van der Waals surface area contributed by atoms with Crippen LogP contribution in [-0.2, 0) is 9.53 Å². The van der Waals surface area contributed by atoms with Crippen LogP contribution in [0.3, 0.4) is 0 Å². The van der Waals surface area contributed by atoms with Gasteiger partial charge in [-0.1, -0.05) is 26.3 Å². The van der Waals surface area contributed by atoms with Crippen molar-refractivity contribution >= 4 is 17.7 Å². The average molecular weight is 385 g/mol. The first-order valence-electron chi connectivity index (χ1n) is 10.8. The van der Waals surface area contributed by atoms with Gasteiger partial charge in [0.1, 0.15) is 6.10 Å². The zero-order chi connectivity index (χ0) is 19.9. The largest absolute Gasteiger partial charge is 0.460 e. The van der Waals surface area contributed by atoms with E-state index < -0.39 is 11.6 Å². The summed E-state index contributed by atoms with van der Waals surface area (Å²) in [4.78, 5) is 19.4. The van der Waals surface area contributed by atoms with Crippen molar-refractivity contribution < 1.29 is 14.6 Å². The lowest BCUT2D eigenvalue weighted by atomic mass is 9.59. The van der Waals surface area contributed by atoms with Crippen LogP contribution in [0.15, 0.2) is 24.4 Å². The molecule has 1 aliphatic carbocycles. The zero-order valence-electron chi connectivity index (χ0n) is 17.2. The van der Waals surface area contributed by atoms with Crippen LogP contribution in [0, 0.1) is 23.7 Å². The fourth-order valence-electron chi connectivity index (χ4n) is 5.81. The number of rotatable bonds is 4. The Bertz CT molecular complexity index is 741. The van der Waals surface area contributed by atoms with E-state index in [4.69, 9.17) is 4.74 Å². The first-order valence-corrected chi connectivity index (χ1v) is 10.8. The van der Waals surface area contributed by atoms with E-state index in [2.05, 4.69) is 48.0 Å². The van der Waals surface area contributed by atoms with Gasteiger partial charge in [-0.25, -0.2) is 4.79 Å². The van der Waals surface area contributed by atoms with Crippen molar-refractivity contribution in [3.05, 3.63) is 30.1 Å². The number of cyclic esters (lactones) is 1. The predicted octanol–water partition coefficient (Wildman–Crippen LogP) is 3.67. The Morgan fingerprint density at radius 3 is 2.71 bits per heavy atom. The van der Waals surface area contributed by atoms with Crippen LogP contribution in [0.5, 0.6) is 0 Å². The molecule has 0 unspecified atom stereocenters. The summed E-state index contributed by atoms with van der Waals surface area (Å²) in [5.74, 6) is 0.144. The molecule has 3 aliphatic rings. The van der Waals surface area contributed by atoms with Crippen molar-refractivity contribution in [1.29, 1.82) is 0 Å². The minimum absolute atomic E-state index is 0.0975. The molecule has 5 heteroatoms. The van der Waals surface area contributed by atoms with Gasteiger partial charge >= 0.3 is 5.97 Å². The summed E-state index contributed by atoms with van der Waals surface area (Å²) in [5, 5.41) is 11.1. The highest BCUT2D eigenvalue weighted by Gasteiger charge is 2.62. The quantitative estimate of drug-likeness (QED) is 0.803. The van der Waals surface area contributed by atoms with Gasteiger partial charge in [-0.05, 0) is 62.1 Å². The van der Waals surface area contributed by atoms with E-state index in [0.29, 0.717) is 12.3 Å². The van der Waals surface area contributed by atoms with Crippen LogP contribution >= 0.6 is 0 Å². The normalized spacial score (nSPS) is 38.1. The Labute approximate surface area is 167 Å². The smallest absolute Gasteiger partial charge is 0.338 e. The van der Waals surface area contributed by atoms with Gasteiger partial charge in [0.05, 0.1) is 17.6 Å². The molecular weight excluding hydrogens is 352 g/mol. The van der Waals surface area contributed by atoms with Gasteiger partial charge in [-0.3, -0.25) is 4.98 Å². The summed E-state index contributed by atoms with van der Waals surface area (Å²) >= 11 is 0. The molecule has 5 nitrogen and oxygen atoms in total. The third kappa shape index (κ3) is 3.24. The highest BCUT2D eigenvalue weighted by Crippen LogP contribution is 2.52. The van der Waals surface area contributed by atoms with Gasteiger partial charge in [0.15, 0.2) is 5.60 Å². The number of carbonyl (C=O) groups is 1. The Morgan fingerprint density at radius 1 is 1.32 bits per heavy atom. The number of nitrogens with zero attached hydrogens (tertiary/aromatic N) is 2. The molecule has 1 aromatic rings. The maximum atomic E-state index is 12.4. The lowest BCUT2D eigenvalue weighted by molar-refractivity contribution is -0.160. The fraction of sp³-hybridized carbons (Fsp3) is 0.652. The third-order valence-electron chi connectivity index (χ3n) is 7.18. The molecule has 3 heterocycles. The lowest BCUT2D eigenvalue weighted by Gasteiger charge is -2.45. The van der Waals surface area contributed by atoms with E-state index >= 15 is 0 Å². The van der Waals surface area contributed by atoms with Crippen LogP contribution in [0.1, 0.15) is 52.1 Å². The van der Waals surface area contributed by atoms with E-state index in [1.54, 1.807) is 0 Å². The lowest BCUT2D eigenvalue weighted by Crippen LogP contribution is -2.53. The number of aromatic nitrogens is 1. The van der Waals surface area contributed by atoms with Crippen molar-refractivity contribution in [3.63, 3.8) is 0 Å². The minimum Gasteiger partial charge on any atom is -0.460 e. The van der Waals surface area contributed by atoms with E-state index in [1.807, 2.05) is 13.1 Å². The molecule has 1 saturated carbocycles. The summed E-state index contributed by atoms with van der Waals surface area (Å²) in [6.45, 7) is 8.47. The number of carbonyl (C=O) groups excluding carboxylic acids is 1. The van der Waals surface area contributed by atoms with Gasteiger partial charge in [0.25, 0.3) is 0 Å². The highest BCUT2D eigenvalue weighted by molar-refractivity contribution is 5.82. The molecule has 4 rings (SSSR count). The van der Waals surface area contributed by atoms with Gasteiger partial charge in [0.2, 0.25) is 0 Å². The first kappa shape index (κ1) is 19.4. The highest BCUT2D eigenvalue weighted by atomic mass is 16.6. The van der Waals surface area contributed by atoms with Crippen molar-refractivity contribution in [2.45, 2.75) is 58.2 Å². The standard InChI is InChI=1S/C23H32N2O3/c1-4-19-15(2)13-23(27)21(16(3)28-22(23)26)20(19)10-8-17-7-9-18(14-24-17)25-11-5-6-12-25/h7-10,14-16,19-21,27H,4-6,11-13H2,1-3H3/b10-8+/t15-,16+,19+,20-,21-,23-/m0/s1. The minimum atomic E-state index is -1.35.